The van der Waals surface area contributed by atoms with Crippen LogP contribution in [-0.4, -0.2) is 10.9 Å². The van der Waals surface area contributed by atoms with Gasteiger partial charge in [0.1, 0.15) is 5.82 Å². The molecule has 2 heterocycles. The zero-order chi connectivity index (χ0) is 9.64. The van der Waals surface area contributed by atoms with Crippen molar-refractivity contribution in [1.29, 1.82) is 0 Å². The number of aromatic nitrogens is 1. The molecule has 0 bridgehead atoms. The molecule has 1 N–H and O–H groups in total. The Morgan fingerprint density at radius 3 is 2.85 bits per heavy atom. The van der Waals surface area contributed by atoms with Gasteiger partial charge in [-0.2, -0.15) is 0 Å². The minimum atomic E-state index is -0.812. The standard InChI is InChI=1S/C8H6Br2N2O/c1-4-2-3-11-6-5(4)8(9,10)7(13)12-6/h2-3H,1H3,(H,11,12,13). The molecule has 3 nitrogen and oxygen atoms in total. The van der Waals surface area contributed by atoms with Crippen LogP contribution in [-0.2, 0) is 8.03 Å². The summed E-state index contributed by atoms with van der Waals surface area (Å²) in [4.78, 5) is 15.5. The lowest BCUT2D eigenvalue weighted by atomic mass is 10.1. The van der Waals surface area contributed by atoms with Crippen LogP contribution < -0.4 is 5.32 Å². The minimum absolute atomic E-state index is 0.135. The van der Waals surface area contributed by atoms with Crippen molar-refractivity contribution in [2.45, 2.75) is 10.2 Å². The fourth-order valence-electron chi connectivity index (χ4n) is 1.35. The summed E-state index contributed by atoms with van der Waals surface area (Å²) >= 11 is 6.64. The number of fused-ring (bicyclic) bond motifs is 1. The van der Waals surface area contributed by atoms with E-state index < -0.39 is 3.23 Å². The number of hydrogen-bond donors (Lipinski definition) is 1. The van der Waals surface area contributed by atoms with E-state index in [-0.39, 0.29) is 5.91 Å². The summed E-state index contributed by atoms with van der Waals surface area (Å²) in [5.41, 5.74) is 1.89. The zero-order valence-corrected chi connectivity index (χ0v) is 9.94. The van der Waals surface area contributed by atoms with Gasteiger partial charge in [0, 0.05) is 11.8 Å². The van der Waals surface area contributed by atoms with E-state index in [9.17, 15) is 4.79 Å². The van der Waals surface area contributed by atoms with E-state index in [0.29, 0.717) is 5.82 Å². The molecule has 0 unspecified atom stereocenters. The molecule has 0 atom stereocenters. The van der Waals surface area contributed by atoms with E-state index in [0.717, 1.165) is 11.1 Å². The molecule has 0 radical (unpaired) electrons. The second-order valence-electron chi connectivity index (χ2n) is 2.88. The Hall–Kier alpha value is -0.420. The number of carbonyl (C=O) groups is 1. The van der Waals surface area contributed by atoms with Crippen molar-refractivity contribution in [2.24, 2.45) is 0 Å². The average molecular weight is 306 g/mol. The number of alkyl halides is 2. The number of pyridine rings is 1. The van der Waals surface area contributed by atoms with Crippen LogP contribution in [0.5, 0.6) is 0 Å². The van der Waals surface area contributed by atoms with E-state index in [1.54, 1.807) is 6.20 Å². The number of hydrogen-bond acceptors (Lipinski definition) is 2. The maximum absolute atomic E-state index is 11.5. The van der Waals surface area contributed by atoms with Crippen LogP contribution in [0.4, 0.5) is 5.82 Å². The molecule has 1 aliphatic rings. The molecule has 0 fully saturated rings. The molecule has 1 aromatic heterocycles. The predicted octanol–water partition coefficient (Wildman–Crippen LogP) is 2.28. The summed E-state index contributed by atoms with van der Waals surface area (Å²) in [6.07, 6.45) is 1.68. The first-order chi connectivity index (χ1) is 6.03. The maximum Gasteiger partial charge on any atom is 0.258 e. The third-order valence-corrected chi connectivity index (χ3v) is 3.50. The van der Waals surface area contributed by atoms with Gasteiger partial charge in [0.15, 0.2) is 3.23 Å². The lowest BCUT2D eigenvalue weighted by Gasteiger charge is -2.11. The van der Waals surface area contributed by atoms with E-state index >= 15 is 0 Å². The largest absolute Gasteiger partial charge is 0.308 e. The van der Waals surface area contributed by atoms with Gasteiger partial charge < -0.3 is 5.32 Å². The normalized spacial score (nSPS) is 18.2. The highest BCUT2D eigenvalue weighted by atomic mass is 79.9. The lowest BCUT2D eigenvalue weighted by Crippen LogP contribution is -2.20. The molecule has 0 saturated carbocycles. The first-order valence-electron chi connectivity index (χ1n) is 3.69. The highest BCUT2D eigenvalue weighted by molar-refractivity contribution is 9.25. The van der Waals surface area contributed by atoms with Crippen LogP contribution in [0.3, 0.4) is 0 Å². The SMILES string of the molecule is Cc1ccnc2c1C(Br)(Br)C(=O)N2. The smallest absolute Gasteiger partial charge is 0.258 e. The van der Waals surface area contributed by atoms with Crippen molar-refractivity contribution in [2.75, 3.05) is 5.32 Å². The second-order valence-corrected chi connectivity index (χ2v) is 6.32. The van der Waals surface area contributed by atoms with Gasteiger partial charge in [0.2, 0.25) is 0 Å². The highest BCUT2D eigenvalue weighted by Gasteiger charge is 2.44. The van der Waals surface area contributed by atoms with Crippen LogP contribution in [0.2, 0.25) is 0 Å². The molecule has 13 heavy (non-hydrogen) atoms. The fraction of sp³-hybridized carbons (Fsp3) is 0.250. The monoisotopic (exact) mass is 304 g/mol. The van der Waals surface area contributed by atoms with Crippen molar-refractivity contribution < 1.29 is 4.79 Å². The Morgan fingerprint density at radius 1 is 1.54 bits per heavy atom. The summed E-state index contributed by atoms with van der Waals surface area (Å²) in [7, 11) is 0. The lowest BCUT2D eigenvalue weighted by molar-refractivity contribution is -0.115. The number of anilines is 1. The van der Waals surface area contributed by atoms with Gasteiger partial charge in [-0.15, -0.1) is 0 Å². The third kappa shape index (κ3) is 1.21. The predicted molar refractivity (Wildman–Crippen MR) is 57.1 cm³/mol. The molecule has 0 aliphatic carbocycles. The van der Waals surface area contributed by atoms with Gasteiger partial charge in [-0.25, -0.2) is 4.98 Å². The molecule has 1 aromatic rings. The zero-order valence-electron chi connectivity index (χ0n) is 6.77. The Kier molecular flexibility index (Phi) is 1.96. The fourth-order valence-corrected chi connectivity index (χ4v) is 2.55. The summed E-state index contributed by atoms with van der Waals surface area (Å²) in [5.74, 6) is 0.489. The topological polar surface area (TPSA) is 42.0 Å². The number of halogens is 2. The third-order valence-electron chi connectivity index (χ3n) is 1.99. The van der Waals surface area contributed by atoms with Crippen molar-refractivity contribution in [1.82, 2.24) is 4.98 Å². The van der Waals surface area contributed by atoms with Crippen molar-refractivity contribution in [3.05, 3.63) is 23.4 Å². The molecule has 1 amide bonds. The first-order valence-corrected chi connectivity index (χ1v) is 5.27. The first kappa shape index (κ1) is 9.15. The summed E-state index contributed by atoms with van der Waals surface area (Å²) < 4.78 is -0.812. The summed E-state index contributed by atoms with van der Waals surface area (Å²) in [5, 5.41) is 2.68. The van der Waals surface area contributed by atoms with Gasteiger partial charge in [-0.3, -0.25) is 4.79 Å². The molecule has 2 rings (SSSR count). The van der Waals surface area contributed by atoms with Gasteiger partial charge in [-0.05, 0) is 18.6 Å². The van der Waals surface area contributed by atoms with E-state index in [1.165, 1.54) is 0 Å². The van der Waals surface area contributed by atoms with Gasteiger partial charge >= 0.3 is 0 Å². The van der Waals surface area contributed by atoms with Crippen LogP contribution >= 0.6 is 31.9 Å². The van der Waals surface area contributed by atoms with Crippen LogP contribution in [0.1, 0.15) is 11.1 Å². The summed E-state index contributed by atoms with van der Waals surface area (Å²) in [6.45, 7) is 1.94. The van der Waals surface area contributed by atoms with Crippen molar-refractivity contribution >= 4 is 43.6 Å². The Bertz CT molecular complexity index is 390. The highest BCUT2D eigenvalue weighted by Crippen LogP contribution is 2.47. The van der Waals surface area contributed by atoms with Crippen LogP contribution in [0.25, 0.3) is 0 Å². The molecular weight excluding hydrogens is 300 g/mol. The summed E-state index contributed by atoms with van der Waals surface area (Å²) in [6, 6.07) is 1.87. The van der Waals surface area contributed by atoms with E-state index in [2.05, 4.69) is 42.2 Å². The Labute approximate surface area is 92.2 Å². The molecule has 68 valence electrons. The van der Waals surface area contributed by atoms with Gasteiger partial charge in [-0.1, -0.05) is 31.9 Å². The van der Waals surface area contributed by atoms with E-state index in [1.807, 2.05) is 13.0 Å². The number of nitrogens with zero attached hydrogens (tertiary/aromatic N) is 1. The van der Waals surface area contributed by atoms with Crippen molar-refractivity contribution in [3.63, 3.8) is 0 Å². The average Bonchev–Trinajstić information content (AvgIpc) is 2.24. The second kappa shape index (κ2) is 2.78. The number of nitrogens with one attached hydrogen (secondary N) is 1. The molecule has 0 spiro atoms. The quantitative estimate of drug-likeness (QED) is 0.747. The van der Waals surface area contributed by atoms with E-state index in [4.69, 9.17) is 0 Å². The molecular formula is C8H6Br2N2O. The minimum Gasteiger partial charge on any atom is -0.308 e. The van der Waals surface area contributed by atoms with Gasteiger partial charge in [0.05, 0.1) is 0 Å². The molecule has 5 heteroatoms. The Balaban J connectivity index is 2.70. The number of carbonyl (C=O) groups excluding carboxylic acids is 1. The molecule has 0 saturated heterocycles. The molecule has 1 aliphatic heterocycles. The van der Waals surface area contributed by atoms with Crippen molar-refractivity contribution in [3.8, 4) is 0 Å². The van der Waals surface area contributed by atoms with Gasteiger partial charge in [0.25, 0.3) is 5.91 Å². The molecule has 0 aromatic carbocycles. The van der Waals surface area contributed by atoms with Crippen LogP contribution in [0, 0.1) is 6.92 Å². The Morgan fingerprint density at radius 2 is 2.23 bits per heavy atom. The van der Waals surface area contributed by atoms with Crippen LogP contribution in [0.15, 0.2) is 12.3 Å². The number of amides is 1. The maximum atomic E-state index is 11.5. The number of rotatable bonds is 0. The number of aryl methyl sites for hydroxylation is 1.